The standard InChI is InChI=1S/C9H15NOS/c1-5-4-8(12-7(5)3)9(10)6(2)11/h4,6,9,11H,10H2,1-3H3. The first-order valence-electron chi connectivity index (χ1n) is 4.03. The van der Waals surface area contributed by atoms with Crippen molar-refractivity contribution in [1.29, 1.82) is 0 Å². The lowest BCUT2D eigenvalue weighted by atomic mass is 10.1. The van der Waals surface area contributed by atoms with Crippen LogP contribution in [0.3, 0.4) is 0 Å². The van der Waals surface area contributed by atoms with E-state index in [1.165, 1.54) is 10.4 Å². The molecular weight excluding hydrogens is 170 g/mol. The van der Waals surface area contributed by atoms with E-state index < -0.39 is 6.10 Å². The van der Waals surface area contributed by atoms with Crippen molar-refractivity contribution in [3.63, 3.8) is 0 Å². The minimum atomic E-state index is -0.470. The molecule has 0 aliphatic carbocycles. The molecule has 12 heavy (non-hydrogen) atoms. The van der Waals surface area contributed by atoms with Crippen LogP contribution in [-0.4, -0.2) is 11.2 Å². The summed E-state index contributed by atoms with van der Waals surface area (Å²) >= 11 is 1.67. The predicted molar refractivity (Wildman–Crippen MR) is 52.4 cm³/mol. The molecule has 1 rings (SSSR count). The summed E-state index contributed by atoms with van der Waals surface area (Å²) in [5, 5.41) is 9.26. The number of aliphatic hydroxyl groups excluding tert-OH is 1. The van der Waals surface area contributed by atoms with Gasteiger partial charge in [-0.15, -0.1) is 11.3 Å². The van der Waals surface area contributed by atoms with Crippen molar-refractivity contribution in [2.75, 3.05) is 0 Å². The van der Waals surface area contributed by atoms with Crippen LogP contribution >= 0.6 is 11.3 Å². The zero-order chi connectivity index (χ0) is 9.30. The molecule has 0 aromatic carbocycles. The van der Waals surface area contributed by atoms with E-state index in [9.17, 15) is 5.11 Å². The molecule has 0 aliphatic heterocycles. The second kappa shape index (κ2) is 3.56. The van der Waals surface area contributed by atoms with Gasteiger partial charge < -0.3 is 10.8 Å². The molecule has 1 aromatic rings. The first kappa shape index (κ1) is 9.71. The first-order valence-corrected chi connectivity index (χ1v) is 4.84. The Balaban J connectivity index is 2.89. The van der Waals surface area contributed by atoms with Crippen LogP contribution in [0, 0.1) is 13.8 Å². The number of nitrogens with two attached hydrogens (primary N) is 1. The fraction of sp³-hybridized carbons (Fsp3) is 0.556. The van der Waals surface area contributed by atoms with Gasteiger partial charge in [0.2, 0.25) is 0 Å². The van der Waals surface area contributed by atoms with Gasteiger partial charge in [0.15, 0.2) is 0 Å². The van der Waals surface area contributed by atoms with Gasteiger partial charge in [0.1, 0.15) is 0 Å². The smallest absolute Gasteiger partial charge is 0.0712 e. The van der Waals surface area contributed by atoms with Crippen molar-refractivity contribution >= 4 is 11.3 Å². The fourth-order valence-electron chi connectivity index (χ4n) is 1.00. The topological polar surface area (TPSA) is 46.2 Å². The quantitative estimate of drug-likeness (QED) is 0.737. The molecule has 0 aliphatic rings. The van der Waals surface area contributed by atoms with Crippen LogP contribution in [-0.2, 0) is 0 Å². The van der Waals surface area contributed by atoms with E-state index in [0.29, 0.717) is 0 Å². The molecular formula is C9H15NOS. The SMILES string of the molecule is Cc1cc(C(N)C(C)O)sc1C. The van der Waals surface area contributed by atoms with Gasteiger partial charge in [0, 0.05) is 9.75 Å². The number of hydrogen-bond donors (Lipinski definition) is 2. The third kappa shape index (κ3) is 1.86. The average Bonchev–Trinajstić information content (AvgIpc) is 2.30. The van der Waals surface area contributed by atoms with Gasteiger partial charge in [-0.05, 0) is 32.4 Å². The minimum absolute atomic E-state index is 0.234. The van der Waals surface area contributed by atoms with Crippen LogP contribution < -0.4 is 5.73 Å². The van der Waals surface area contributed by atoms with E-state index in [1.54, 1.807) is 18.3 Å². The number of aryl methyl sites for hydroxylation is 2. The van der Waals surface area contributed by atoms with Crippen molar-refractivity contribution in [3.8, 4) is 0 Å². The predicted octanol–water partition coefficient (Wildman–Crippen LogP) is 1.75. The van der Waals surface area contributed by atoms with Crippen LogP contribution in [0.25, 0.3) is 0 Å². The van der Waals surface area contributed by atoms with Gasteiger partial charge in [-0.25, -0.2) is 0 Å². The summed E-state index contributed by atoms with van der Waals surface area (Å²) < 4.78 is 0. The summed E-state index contributed by atoms with van der Waals surface area (Å²) in [7, 11) is 0. The van der Waals surface area contributed by atoms with Gasteiger partial charge in [-0.1, -0.05) is 0 Å². The normalized spacial score (nSPS) is 16.1. The summed E-state index contributed by atoms with van der Waals surface area (Å²) in [5.74, 6) is 0. The van der Waals surface area contributed by atoms with Crippen molar-refractivity contribution < 1.29 is 5.11 Å². The highest BCUT2D eigenvalue weighted by Gasteiger charge is 2.14. The van der Waals surface area contributed by atoms with Crippen molar-refractivity contribution in [2.45, 2.75) is 32.9 Å². The lowest BCUT2D eigenvalue weighted by Crippen LogP contribution is -2.21. The summed E-state index contributed by atoms with van der Waals surface area (Å²) in [6.07, 6.45) is -0.470. The van der Waals surface area contributed by atoms with E-state index >= 15 is 0 Å². The van der Waals surface area contributed by atoms with E-state index in [4.69, 9.17) is 5.73 Å². The molecule has 0 spiro atoms. The summed E-state index contributed by atoms with van der Waals surface area (Å²) in [4.78, 5) is 2.35. The van der Waals surface area contributed by atoms with Crippen LogP contribution in [0.1, 0.15) is 28.3 Å². The molecule has 0 fully saturated rings. The Morgan fingerprint density at radius 3 is 2.42 bits per heavy atom. The highest BCUT2D eigenvalue weighted by atomic mass is 32.1. The molecule has 0 saturated heterocycles. The zero-order valence-corrected chi connectivity index (χ0v) is 8.48. The summed E-state index contributed by atoms with van der Waals surface area (Å²) in [6.45, 7) is 5.84. The number of aliphatic hydroxyl groups is 1. The Labute approximate surface area is 77.0 Å². The Morgan fingerprint density at radius 2 is 2.08 bits per heavy atom. The van der Waals surface area contributed by atoms with Gasteiger partial charge >= 0.3 is 0 Å². The molecule has 68 valence electrons. The molecule has 0 amide bonds. The molecule has 2 unspecified atom stereocenters. The van der Waals surface area contributed by atoms with E-state index in [0.717, 1.165) is 4.88 Å². The third-order valence-electron chi connectivity index (χ3n) is 2.03. The molecule has 0 bridgehead atoms. The number of hydrogen-bond acceptors (Lipinski definition) is 3. The van der Waals surface area contributed by atoms with Crippen molar-refractivity contribution in [3.05, 3.63) is 21.4 Å². The molecule has 0 saturated carbocycles. The second-order valence-corrected chi connectivity index (χ2v) is 4.44. The highest BCUT2D eigenvalue weighted by Crippen LogP contribution is 2.26. The maximum absolute atomic E-state index is 9.26. The Morgan fingerprint density at radius 1 is 1.50 bits per heavy atom. The molecule has 0 radical (unpaired) electrons. The van der Waals surface area contributed by atoms with Gasteiger partial charge in [0.05, 0.1) is 12.1 Å². The molecule has 3 heteroatoms. The maximum atomic E-state index is 9.26. The lowest BCUT2D eigenvalue weighted by molar-refractivity contribution is 0.165. The van der Waals surface area contributed by atoms with Crippen LogP contribution in [0.2, 0.25) is 0 Å². The third-order valence-corrected chi connectivity index (χ3v) is 3.29. The molecule has 2 atom stereocenters. The average molecular weight is 185 g/mol. The lowest BCUT2D eigenvalue weighted by Gasteiger charge is -2.11. The fourth-order valence-corrected chi connectivity index (χ4v) is 2.15. The summed E-state index contributed by atoms with van der Waals surface area (Å²) in [6, 6.07) is 1.82. The molecule has 2 nitrogen and oxygen atoms in total. The number of rotatable bonds is 2. The number of thiophene rings is 1. The van der Waals surface area contributed by atoms with Gasteiger partial charge in [-0.3, -0.25) is 0 Å². The van der Waals surface area contributed by atoms with E-state index in [1.807, 2.05) is 0 Å². The summed E-state index contributed by atoms with van der Waals surface area (Å²) in [5.41, 5.74) is 7.04. The second-order valence-electron chi connectivity index (χ2n) is 3.15. The monoisotopic (exact) mass is 185 g/mol. The van der Waals surface area contributed by atoms with Crippen molar-refractivity contribution in [1.82, 2.24) is 0 Å². The Kier molecular flexibility index (Phi) is 2.88. The minimum Gasteiger partial charge on any atom is -0.391 e. The van der Waals surface area contributed by atoms with E-state index in [2.05, 4.69) is 19.9 Å². The highest BCUT2D eigenvalue weighted by molar-refractivity contribution is 7.12. The van der Waals surface area contributed by atoms with E-state index in [-0.39, 0.29) is 6.04 Å². The van der Waals surface area contributed by atoms with Crippen LogP contribution in [0.4, 0.5) is 0 Å². The first-order chi connectivity index (χ1) is 5.52. The van der Waals surface area contributed by atoms with Crippen molar-refractivity contribution in [2.24, 2.45) is 5.73 Å². The van der Waals surface area contributed by atoms with Gasteiger partial charge in [-0.2, -0.15) is 0 Å². The van der Waals surface area contributed by atoms with Crippen LogP contribution in [0.5, 0.6) is 0 Å². The zero-order valence-electron chi connectivity index (χ0n) is 7.66. The molecule has 1 aromatic heterocycles. The molecule has 3 N–H and O–H groups in total. The van der Waals surface area contributed by atoms with Gasteiger partial charge in [0.25, 0.3) is 0 Å². The largest absolute Gasteiger partial charge is 0.391 e. The Bertz CT molecular complexity index is 248. The molecule has 1 heterocycles. The Hall–Kier alpha value is -0.380. The van der Waals surface area contributed by atoms with Crippen LogP contribution in [0.15, 0.2) is 6.07 Å². The maximum Gasteiger partial charge on any atom is 0.0712 e.